The van der Waals surface area contributed by atoms with Crippen LogP contribution in [0.5, 0.6) is 0 Å². The number of halogens is 2. The summed E-state index contributed by atoms with van der Waals surface area (Å²) in [6.45, 7) is 3.47. The van der Waals surface area contributed by atoms with Gasteiger partial charge >= 0.3 is 0 Å². The maximum Gasteiger partial charge on any atom is 0.173 e. The third-order valence-corrected chi connectivity index (χ3v) is 3.84. The highest BCUT2D eigenvalue weighted by Gasteiger charge is 2.16. The van der Waals surface area contributed by atoms with Crippen molar-refractivity contribution in [3.05, 3.63) is 52.9 Å². The lowest BCUT2D eigenvalue weighted by Gasteiger charge is -2.12. The van der Waals surface area contributed by atoms with Crippen LogP contribution in [-0.4, -0.2) is 16.0 Å². The first kappa shape index (κ1) is 15.2. The van der Waals surface area contributed by atoms with Crippen LogP contribution in [0.1, 0.15) is 17.0 Å². The number of rotatable bonds is 3. The fourth-order valence-electron chi connectivity index (χ4n) is 1.91. The molecule has 110 valence electrons. The van der Waals surface area contributed by atoms with E-state index in [4.69, 9.17) is 10.9 Å². The van der Waals surface area contributed by atoms with E-state index in [1.165, 1.54) is 0 Å². The molecule has 0 spiro atoms. The molecule has 0 bridgehead atoms. The summed E-state index contributed by atoms with van der Waals surface area (Å²) >= 11 is 1.00. The van der Waals surface area contributed by atoms with E-state index < -0.39 is 11.6 Å². The van der Waals surface area contributed by atoms with E-state index in [-0.39, 0.29) is 10.7 Å². The van der Waals surface area contributed by atoms with E-state index in [1.807, 2.05) is 0 Å². The fourth-order valence-corrected chi connectivity index (χ4v) is 3.07. The second kappa shape index (κ2) is 6.09. The molecule has 21 heavy (non-hydrogen) atoms. The SMILES string of the molecule is Cc1cc(Sc2cc(F)ccc2F)c(/C(N)=N/O)c(C)n1. The second-order valence-electron chi connectivity index (χ2n) is 4.38. The van der Waals surface area contributed by atoms with Gasteiger partial charge in [0.15, 0.2) is 5.84 Å². The van der Waals surface area contributed by atoms with Crippen molar-refractivity contribution in [3.63, 3.8) is 0 Å². The summed E-state index contributed by atoms with van der Waals surface area (Å²) < 4.78 is 27.0. The molecule has 3 N–H and O–H groups in total. The quantitative estimate of drug-likeness (QED) is 0.395. The van der Waals surface area contributed by atoms with Crippen LogP contribution in [-0.2, 0) is 0 Å². The van der Waals surface area contributed by atoms with Crippen LogP contribution in [0.3, 0.4) is 0 Å². The van der Waals surface area contributed by atoms with Crippen LogP contribution in [0.4, 0.5) is 8.78 Å². The van der Waals surface area contributed by atoms with E-state index >= 15 is 0 Å². The van der Waals surface area contributed by atoms with E-state index in [0.717, 1.165) is 30.0 Å². The van der Waals surface area contributed by atoms with Crippen molar-refractivity contribution in [2.24, 2.45) is 10.9 Å². The number of hydrogen-bond acceptors (Lipinski definition) is 4. The van der Waals surface area contributed by atoms with Crippen LogP contribution in [0, 0.1) is 25.5 Å². The van der Waals surface area contributed by atoms with Crippen LogP contribution < -0.4 is 5.73 Å². The van der Waals surface area contributed by atoms with Gasteiger partial charge in [-0.3, -0.25) is 4.98 Å². The Kier molecular flexibility index (Phi) is 4.42. The molecule has 0 atom stereocenters. The van der Waals surface area contributed by atoms with Crippen molar-refractivity contribution in [1.82, 2.24) is 4.98 Å². The molecule has 1 aromatic heterocycles. The normalized spacial score (nSPS) is 11.7. The zero-order chi connectivity index (χ0) is 15.6. The van der Waals surface area contributed by atoms with Crippen LogP contribution in [0.2, 0.25) is 0 Å². The molecule has 2 rings (SSSR count). The summed E-state index contributed by atoms with van der Waals surface area (Å²) in [6.07, 6.45) is 0. The van der Waals surface area contributed by atoms with Gasteiger partial charge in [0, 0.05) is 16.3 Å². The largest absolute Gasteiger partial charge is 0.409 e. The maximum absolute atomic E-state index is 13.8. The van der Waals surface area contributed by atoms with Crippen molar-refractivity contribution < 1.29 is 14.0 Å². The first-order valence-electron chi connectivity index (χ1n) is 6.01. The van der Waals surface area contributed by atoms with Crippen LogP contribution >= 0.6 is 11.8 Å². The average Bonchev–Trinajstić information content (AvgIpc) is 2.41. The number of aryl methyl sites for hydroxylation is 2. The Hall–Kier alpha value is -2.15. The van der Waals surface area contributed by atoms with Crippen molar-refractivity contribution in [3.8, 4) is 0 Å². The first-order valence-corrected chi connectivity index (χ1v) is 6.83. The molecule has 0 aliphatic heterocycles. The molecule has 4 nitrogen and oxygen atoms in total. The molecule has 0 unspecified atom stereocenters. The van der Waals surface area contributed by atoms with E-state index in [2.05, 4.69) is 10.1 Å². The Morgan fingerprint density at radius 3 is 2.62 bits per heavy atom. The number of oxime groups is 1. The van der Waals surface area contributed by atoms with Crippen molar-refractivity contribution in [2.45, 2.75) is 23.6 Å². The molecule has 0 fully saturated rings. The van der Waals surface area contributed by atoms with E-state index in [1.54, 1.807) is 19.9 Å². The molecule has 0 radical (unpaired) electrons. The van der Waals surface area contributed by atoms with Gasteiger partial charge in [0.25, 0.3) is 0 Å². The highest BCUT2D eigenvalue weighted by atomic mass is 32.2. The van der Waals surface area contributed by atoms with Gasteiger partial charge < -0.3 is 10.9 Å². The highest BCUT2D eigenvalue weighted by molar-refractivity contribution is 7.99. The number of amidine groups is 1. The van der Waals surface area contributed by atoms with E-state index in [9.17, 15) is 8.78 Å². The molecule has 2 aromatic rings. The van der Waals surface area contributed by atoms with Crippen molar-refractivity contribution in [2.75, 3.05) is 0 Å². The highest BCUT2D eigenvalue weighted by Crippen LogP contribution is 2.34. The zero-order valence-corrected chi connectivity index (χ0v) is 12.2. The van der Waals surface area contributed by atoms with Gasteiger partial charge in [-0.2, -0.15) is 0 Å². The summed E-state index contributed by atoms with van der Waals surface area (Å²) in [5, 5.41) is 11.8. The minimum Gasteiger partial charge on any atom is -0.409 e. The Morgan fingerprint density at radius 2 is 1.95 bits per heavy atom. The van der Waals surface area contributed by atoms with Crippen LogP contribution in [0.25, 0.3) is 0 Å². The minimum atomic E-state index is -0.543. The smallest absolute Gasteiger partial charge is 0.173 e. The molecule has 0 aliphatic carbocycles. The molecule has 7 heteroatoms. The summed E-state index contributed by atoms with van der Waals surface area (Å²) in [7, 11) is 0. The monoisotopic (exact) mass is 309 g/mol. The lowest BCUT2D eigenvalue weighted by Crippen LogP contribution is -2.17. The number of benzene rings is 1. The van der Waals surface area contributed by atoms with E-state index in [0.29, 0.717) is 21.8 Å². The number of pyridine rings is 1. The molecule has 0 saturated carbocycles. The third kappa shape index (κ3) is 3.30. The Morgan fingerprint density at radius 1 is 1.24 bits per heavy atom. The number of nitrogens with two attached hydrogens (primary N) is 1. The summed E-state index contributed by atoms with van der Waals surface area (Å²) in [5.41, 5.74) is 7.29. The zero-order valence-electron chi connectivity index (χ0n) is 11.4. The number of nitrogens with zero attached hydrogens (tertiary/aromatic N) is 2. The Balaban J connectivity index is 2.55. The maximum atomic E-state index is 13.8. The third-order valence-electron chi connectivity index (χ3n) is 2.77. The summed E-state index contributed by atoms with van der Waals surface area (Å²) in [4.78, 5) is 4.89. The van der Waals surface area contributed by atoms with Crippen LogP contribution in [0.15, 0.2) is 39.2 Å². The summed E-state index contributed by atoms with van der Waals surface area (Å²) in [5.74, 6) is -1.20. The van der Waals surface area contributed by atoms with Gasteiger partial charge in [-0.15, -0.1) is 0 Å². The average molecular weight is 309 g/mol. The lowest BCUT2D eigenvalue weighted by atomic mass is 10.1. The number of aromatic nitrogens is 1. The van der Waals surface area contributed by atoms with Gasteiger partial charge in [-0.1, -0.05) is 16.9 Å². The van der Waals surface area contributed by atoms with Gasteiger partial charge in [-0.25, -0.2) is 8.78 Å². The Labute approximate surface area is 124 Å². The molecule has 1 aromatic carbocycles. The molecule has 0 aliphatic rings. The molecule has 1 heterocycles. The van der Waals surface area contributed by atoms with Gasteiger partial charge in [0.2, 0.25) is 0 Å². The van der Waals surface area contributed by atoms with Crippen molar-refractivity contribution in [1.29, 1.82) is 0 Å². The Bertz CT molecular complexity index is 720. The minimum absolute atomic E-state index is 0.118. The number of hydrogen-bond donors (Lipinski definition) is 2. The topological polar surface area (TPSA) is 71.5 Å². The molecule has 0 amide bonds. The van der Waals surface area contributed by atoms with Gasteiger partial charge in [0.05, 0.1) is 10.5 Å². The lowest BCUT2D eigenvalue weighted by molar-refractivity contribution is 0.318. The second-order valence-corrected chi connectivity index (χ2v) is 5.47. The first-order chi connectivity index (χ1) is 9.92. The fraction of sp³-hybridized carbons (Fsp3) is 0.143. The standard InChI is InChI=1S/C14H13F2N3OS/c1-7-5-12(13(8(2)18-7)14(17)19-20)21-11-6-9(15)3-4-10(11)16/h3-6,20H,1-2H3,(H2,17,19). The van der Waals surface area contributed by atoms with Gasteiger partial charge in [-0.05, 0) is 38.1 Å². The summed E-state index contributed by atoms with van der Waals surface area (Å²) in [6, 6.07) is 4.88. The molecular formula is C14H13F2N3OS. The predicted octanol–water partition coefficient (Wildman–Crippen LogP) is 3.22. The van der Waals surface area contributed by atoms with Crippen molar-refractivity contribution >= 4 is 17.6 Å². The molecule has 0 saturated heterocycles. The molecular weight excluding hydrogens is 296 g/mol. The van der Waals surface area contributed by atoms with Gasteiger partial charge in [0.1, 0.15) is 11.6 Å². The predicted molar refractivity (Wildman–Crippen MR) is 76.7 cm³/mol.